The highest BCUT2D eigenvalue weighted by atomic mass is 16.5. The minimum absolute atomic E-state index is 0.0236. The number of carbonyl (C=O) groups excluding carboxylic acids is 2. The molecule has 1 unspecified atom stereocenters. The van der Waals surface area contributed by atoms with Crippen molar-refractivity contribution in [1.29, 1.82) is 0 Å². The van der Waals surface area contributed by atoms with Gasteiger partial charge in [-0.2, -0.15) is 0 Å². The third-order valence-corrected chi connectivity index (χ3v) is 7.31. The van der Waals surface area contributed by atoms with Crippen LogP contribution in [-0.2, 0) is 10.2 Å². The van der Waals surface area contributed by atoms with Gasteiger partial charge in [-0.3, -0.25) is 9.59 Å². The molecule has 0 saturated carbocycles. The fraction of sp³-hybridized carbons (Fsp3) is 0.548. The quantitative estimate of drug-likeness (QED) is 0.396. The van der Waals surface area contributed by atoms with Gasteiger partial charge in [-0.15, -0.1) is 0 Å². The molecule has 2 amide bonds. The van der Waals surface area contributed by atoms with Crippen LogP contribution in [-0.4, -0.2) is 62.0 Å². The Morgan fingerprint density at radius 1 is 1.03 bits per heavy atom. The number of anilines is 1. The summed E-state index contributed by atoms with van der Waals surface area (Å²) in [6.45, 7) is 11.8. The first kappa shape index (κ1) is 28.7. The van der Waals surface area contributed by atoms with Gasteiger partial charge in [-0.1, -0.05) is 71.2 Å². The zero-order valence-corrected chi connectivity index (χ0v) is 23.6. The summed E-state index contributed by atoms with van der Waals surface area (Å²) in [5, 5.41) is 3.19. The summed E-state index contributed by atoms with van der Waals surface area (Å²) in [4.78, 5) is 30.9. The second kappa shape index (κ2) is 13.1. The third-order valence-electron chi connectivity index (χ3n) is 7.31. The van der Waals surface area contributed by atoms with E-state index in [9.17, 15) is 9.59 Å². The van der Waals surface area contributed by atoms with Crippen LogP contribution in [0.25, 0.3) is 0 Å². The molecule has 0 radical (unpaired) electrons. The zero-order valence-electron chi connectivity index (χ0n) is 23.6. The molecule has 0 aliphatic carbocycles. The van der Waals surface area contributed by atoms with Crippen LogP contribution in [0.15, 0.2) is 42.5 Å². The van der Waals surface area contributed by atoms with E-state index in [0.29, 0.717) is 12.0 Å². The molecule has 2 aromatic carbocycles. The molecule has 37 heavy (non-hydrogen) atoms. The topological polar surface area (TPSA) is 61.9 Å². The fourth-order valence-corrected chi connectivity index (χ4v) is 5.06. The Hall–Kier alpha value is -2.86. The number of ether oxygens (including phenoxy) is 1. The average Bonchev–Trinajstić information content (AvgIpc) is 2.87. The smallest absolute Gasteiger partial charge is 0.254 e. The lowest BCUT2D eigenvalue weighted by Gasteiger charge is -2.33. The highest BCUT2D eigenvalue weighted by Gasteiger charge is 2.25. The number of para-hydroxylation sites is 1. The molecule has 3 rings (SSSR count). The molecule has 0 aromatic heterocycles. The molecule has 1 N–H and O–H groups in total. The van der Waals surface area contributed by atoms with Gasteiger partial charge in [0, 0.05) is 43.9 Å². The van der Waals surface area contributed by atoms with Crippen molar-refractivity contribution >= 4 is 17.5 Å². The number of amides is 2. The second-order valence-electron chi connectivity index (χ2n) is 11.3. The van der Waals surface area contributed by atoms with E-state index in [2.05, 4.69) is 51.0 Å². The van der Waals surface area contributed by atoms with E-state index in [1.807, 2.05) is 41.3 Å². The standard InChI is InChI=1S/C31H45N3O3/c1-7-8-9-12-23(25-13-10-11-14-28(25)37-6)22-29(35)32-27-21-24(15-16-26(27)31(2,3)4)30(36)34-19-17-33(5)18-20-34/h10-11,13-16,21,23H,7-9,12,17-20,22H2,1-6H3,(H,32,35). The van der Waals surface area contributed by atoms with Gasteiger partial charge < -0.3 is 19.9 Å². The third kappa shape index (κ3) is 7.81. The molecular formula is C31H45N3O3. The number of hydrogen-bond acceptors (Lipinski definition) is 4. The number of piperazine rings is 1. The molecule has 202 valence electrons. The molecule has 6 heteroatoms. The lowest BCUT2D eigenvalue weighted by molar-refractivity contribution is -0.116. The average molecular weight is 508 g/mol. The maximum absolute atomic E-state index is 13.5. The maximum atomic E-state index is 13.5. The van der Waals surface area contributed by atoms with Crippen molar-refractivity contribution in [3.8, 4) is 5.75 Å². The van der Waals surface area contributed by atoms with E-state index in [0.717, 1.165) is 74.4 Å². The first-order valence-corrected chi connectivity index (χ1v) is 13.7. The molecule has 1 saturated heterocycles. The van der Waals surface area contributed by atoms with Crippen molar-refractivity contribution in [1.82, 2.24) is 9.80 Å². The highest BCUT2D eigenvalue weighted by Crippen LogP contribution is 2.35. The number of unbranched alkanes of at least 4 members (excludes halogenated alkanes) is 2. The predicted octanol–water partition coefficient (Wildman–Crippen LogP) is 6.07. The molecule has 0 spiro atoms. The number of nitrogens with one attached hydrogen (secondary N) is 1. The first-order valence-electron chi connectivity index (χ1n) is 13.7. The summed E-state index contributed by atoms with van der Waals surface area (Å²) in [5.41, 5.74) is 3.27. The molecule has 1 atom stereocenters. The highest BCUT2D eigenvalue weighted by molar-refractivity contribution is 5.98. The normalized spacial score (nSPS) is 15.4. The van der Waals surface area contributed by atoms with Crippen molar-refractivity contribution in [3.63, 3.8) is 0 Å². The number of hydrogen-bond donors (Lipinski definition) is 1. The van der Waals surface area contributed by atoms with Crippen LogP contribution in [0.1, 0.15) is 87.2 Å². The van der Waals surface area contributed by atoms with Gasteiger partial charge in [0.1, 0.15) is 5.75 Å². The molecule has 1 aliphatic heterocycles. The number of rotatable bonds is 10. The van der Waals surface area contributed by atoms with Gasteiger partial charge in [0.25, 0.3) is 5.91 Å². The summed E-state index contributed by atoms with van der Waals surface area (Å²) in [6, 6.07) is 13.8. The second-order valence-corrected chi connectivity index (χ2v) is 11.3. The van der Waals surface area contributed by atoms with Gasteiger partial charge in [0.15, 0.2) is 0 Å². The summed E-state index contributed by atoms with van der Waals surface area (Å²) in [7, 11) is 3.76. The largest absolute Gasteiger partial charge is 0.496 e. The molecular weight excluding hydrogens is 462 g/mol. The molecule has 0 bridgehead atoms. The van der Waals surface area contributed by atoms with E-state index in [1.54, 1.807) is 7.11 Å². The van der Waals surface area contributed by atoms with Crippen molar-refractivity contribution < 1.29 is 14.3 Å². The maximum Gasteiger partial charge on any atom is 0.254 e. The number of carbonyl (C=O) groups is 2. The fourth-order valence-electron chi connectivity index (χ4n) is 5.06. The van der Waals surface area contributed by atoms with Crippen LogP contribution in [0, 0.1) is 0 Å². The molecule has 1 heterocycles. The van der Waals surface area contributed by atoms with Crippen LogP contribution >= 0.6 is 0 Å². The number of benzene rings is 2. The van der Waals surface area contributed by atoms with E-state index in [-0.39, 0.29) is 23.1 Å². The number of nitrogens with zero attached hydrogens (tertiary/aromatic N) is 2. The Kier molecular flexibility index (Phi) is 10.2. The van der Waals surface area contributed by atoms with Crippen LogP contribution in [0.3, 0.4) is 0 Å². The van der Waals surface area contributed by atoms with Gasteiger partial charge in [0.2, 0.25) is 5.91 Å². The summed E-state index contributed by atoms with van der Waals surface area (Å²) in [6.07, 6.45) is 4.63. The number of methoxy groups -OCH3 is 1. The van der Waals surface area contributed by atoms with Crippen LogP contribution < -0.4 is 10.1 Å². The minimum atomic E-state index is -0.179. The van der Waals surface area contributed by atoms with Crippen LogP contribution in [0.5, 0.6) is 5.75 Å². The molecule has 1 aliphatic rings. The van der Waals surface area contributed by atoms with Crippen molar-refractivity contribution in [2.75, 3.05) is 45.7 Å². The Balaban J connectivity index is 1.84. The molecule has 1 fully saturated rings. The van der Waals surface area contributed by atoms with Gasteiger partial charge in [-0.05, 0) is 54.1 Å². The summed E-state index contributed by atoms with van der Waals surface area (Å²) in [5.74, 6) is 0.875. The summed E-state index contributed by atoms with van der Waals surface area (Å²) < 4.78 is 5.63. The lowest BCUT2D eigenvalue weighted by Crippen LogP contribution is -2.47. The Morgan fingerprint density at radius 3 is 2.38 bits per heavy atom. The van der Waals surface area contributed by atoms with Crippen molar-refractivity contribution in [2.45, 2.75) is 71.1 Å². The lowest BCUT2D eigenvalue weighted by atomic mass is 9.84. The van der Waals surface area contributed by atoms with Crippen LogP contribution in [0.2, 0.25) is 0 Å². The monoisotopic (exact) mass is 507 g/mol. The van der Waals surface area contributed by atoms with Crippen LogP contribution in [0.4, 0.5) is 5.69 Å². The first-order chi connectivity index (χ1) is 17.6. The Morgan fingerprint density at radius 2 is 1.73 bits per heavy atom. The van der Waals surface area contributed by atoms with Gasteiger partial charge in [-0.25, -0.2) is 0 Å². The molecule has 6 nitrogen and oxygen atoms in total. The van der Waals surface area contributed by atoms with E-state index in [1.165, 1.54) is 0 Å². The number of likely N-dealkylation sites (N-methyl/N-ethyl adjacent to an activating group) is 1. The zero-order chi connectivity index (χ0) is 27.0. The Bertz CT molecular complexity index is 1050. The van der Waals surface area contributed by atoms with Crippen molar-refractivity contribution in [3.05, 3.63) is 59.2 Å². The summed E-state index contributed by atoms with van der Waals surface area (Å²) >= 11 is 0. The van der Waals surface area contributed by atoms with Gasteiger partial charge >= 0.3 is 0 Å². The Labute approximate surface area is 223 Å². The minimum Gasteiger partial charge on any atom is -0.496 e. The van der Waals surface area contributed by atoms with E-state index in [4.69, 9.17) is 4.74 Å². The SMILES string of the molecule is CCCCCC(CC(=O)Nc1cc(C(=O)N2CCN(C)CC2)ccc1C(C)(C)C)c1ccccc1OC. The van der Waals surface area contributed by atoms with Crippen molar-refractivity contribution in [2.24, 2.45) is 0 Å². The van der Waals surface area contributed by atoms with Gasteiger partial charge in [0.05, 0.1) is 7.11 Å². The predicted molar refractivity (Wildman–Crippen MR) is 152 cm³/mol. The molecule has 2 aromatic rings. The van der Waals surface area contributed by atoms with E-state index >= 15 is 0 Å². The van der Waals surface area contributed by atoms with E-state index < -0.39 is 0 Å².